The molecule has 3 rings (SSSR count). The van der Waals surface area contributed by atoms with Crippen molar-refractivity contribution in [3.63, 3.8) is 0 Å². The normalized spacial score (nSPS) is 14.2. The summed E-state index contributed by atoms with van der Waals surface area (Å²) in [4.78, 5) is 38.0. The van der Waals surface area contributed by atoms with Gasteiger partial charge in [0.15, 0.2) is 12.4 Å². The number of hydrogen-bond acceptors (Lipinski definition) is 4. The minimum Gasteiger partial charge on any atom is -0.482 e. The number of nitrogens with one attached hydrogen (secondary N) is 1. The molecule has 0 saturated heterocycles. The van der Waals surface area contributed by atoms with Crippen molar-refractivity contribution in [1.82, 2.24) is 5.32 Å². The monoisotopic (exact) mass is 370 g/mol. The summed E-state index contributed by atoms with van der Waals surface area (Å²) in [6.07, 6.45) is 0. The fourth-order valence-corrected chi connectivity index (χ4v) is 2.87. The zero-order valence-corrected chi connectivity index (χ0v) is 15.0. The Morgan fingerprint density at radius 3 is 2.59 bits per heavy atom. The van der Waals surface area contributed by atoms with Crippen molar-refractivity contribution in [1.29, 1.82) is 0 Å². The van der Waals surface area contributed by atoms with Crippen LogP contribution in [-0.4, -0.2) is 30.2 Å². The van der Waals surface area contributed by atoms with Crippen LogP contribution in [0.15, 0.2) is 42.5 Å². The van der Waals surface area contributed by atoms with Gasteiger partial charge in [0, 0.05) is 12.1 Å². The largest absolute Gasteiger partial charge is 0.482 e. The molecular weight excluding hydrogens is 351 g/mol. The zero-order chi connectivity index (χ0) is 19.6. The number of ketones is 1. The smallest absolute Gasteiger partial charge is 0.265 e. The molecule has 0 spiro atoms. The lowest BCUT2D eigenvalue weighted by atomic mass is 10.1. The second-order valence-electron chi connectivity index (χ2n) is 6.31. The number of rotatable bonds is 5. The van der Waals surface area contributed by atoms with Crippen molar-refractivity contribution in [2.45, 2.75) is 26.4 Å². The number of halogens is 1. The third-order valence-corrected chi connectivity index (χ3v) is 4.39. The third kappa shape index (κ3) is 3.97. The highest BCUT2D eigenvalue weighted by Gasteiger charge is 2.33. The standard InChI is InChI=1S/C20H19FN2O4/c1-12(20(26)22-10-14-3-6-16(21)7-4-14)23-17-9-15(13(2)24)5-8-18(17)27-11-19(23)25/h3-9,12H,10-11H2,1-2H3,(H,22,26). The first-order valence-electron chi connectivity index (χ1n) is 8.49. The van der Waals surface area contributed by atoms with Gasteiger partial charge >= 0.3 is 0 Å². The molecule has 1 atom stereocenters. The number of fused-ring (bicyclic) bond motifs is 1. The molecule has 1 aliphatic heterocycles. The van der Waals surface area contributed by atoms with E-state index in [0.717, 1.165) is 5.56 Å². The van der Waals surface area contributed by atoms with E-state index in [1.165, 1.54) is 24.0 Å². The first-order valence-corrected chi connectivity index (χ1v) is 8.49. The van der Waals surface area contributed by atoms with Gasteiger partial charge in [-0.1, -0.05) is 12.1 Å². The predicted octanol–water partition coefficient (Wildman–Crippen LogP) is 2.46. The summed E-state index contributed by atoms with van der Waals surface area (Å²) in [5.74, 6) is -0.793. The number of hydrogen-bond donors (Lipinski definition) is 1. The van der Waals surface area contributed by atoms with Crippen LogP contribution in [0.3, 0.4) is 0 Å². The molecule has 0 radical (unpaired) electrons. The highest BCUT2D eigenvalue weighted by molar-refractivity contribution is 6.05. The van der Waals surface area contributed by atoms with E-state index in [9.17, 15) is 18.8 Å². The van der Waals surface area contributed by atoms with Gasteiger partial charge in [0.05, 0.1) is 5.69 Å². The molecule has 1 heterocycles. The van der Waals surface area contributed by atoms with E-state index in [2.05, 4.69) is 5.32 Å². The van der Waals surface area contributed by atoms with Crippen LogP contribution in [0, 0.1) is 5.82 Å². The van der Waals surface area contributed by atoms with Crippen molar-refractivity contribution in [3.05, 3.63) is 59.4 Å². The van der Waals surface area contributed by atoms with Crippen LogP contribution in [0.25, 0.3) is 0 Å². The molecule has 0 aromatic heterocycles. The maximum absolute atomic E-state index is 13.0. The van der Waals surface area contributed by atoms with Crippen molar-refractivity contribution in [2.24, 2.45) is 0 Å². The fourth-order valence-electron chi connectivity index (χ4n) is 2.87. The van der Waals surface area contributed by atoms with E-state index in [1.807, 2.05) is 0 Å². The molecule has 27 heavy (non-hydrogen) atoms. The molecule has 2 aromatic carbocycles. The SMILES string of the molecule is CC(=O)c1ccc2c(c1)N(C(C)C(=O)NCc1ccc(F)cc1)C(=O)CO2. The average Bonchev–Trinajstić information content (AvgIpc) is 2.66. The van der Waals surface area contributed by atoms with Gasteiger partial charge in [-0.3, -0.25) is 19.3 Å². The van der Waals surface area contributed by atoms with Gasteiger partial charge in [0.1, 0.15) is 17.6 Å². The van der Waals surface area contributed by atoms with E-state index in [0.29, 0.717) is 17.0 Å². The topological polar surface area (TPSA) is 75.7 Å². The van der Waals surface area contributed by atoms with Crippen LogP contribution in [-0.2, 0) is 16.1 Å². The Morgan fingerprint density at radius 2 is 1.93 bits per heavy atom. The van der Waals surface area contributed by atoms with Crippen molar-refractivity contribution in [2.75, 3.05) is 11.5 Å². The first-order chi connectivity index (χ1) is 12.9. The Labute approximate surface area is 155 Å². The van der Waals surface area contributed by atoms with Crippen LogP contribution in [0.5, 0.6) is 5.75 Å². The molecule has 0 bridgehead atoms. The Kier molecular flexibility index (Phi) is 5.21. The number of amides is 2. The fraction of sp³-hybridized carbons (Fsp3) is 0.250. The summed E-state index contributed by atoms with van der Waals surface area (Å²) >= 11 is 0. The molecule has 2 amide bonds. The molecule has 140 valence electrons. The number of benzene rings is 2. The van der Waals surface area contributed by atoms with E-state index in [-0.39, 0.29) is 36.6 Å². The second kappa shape index (κ2) is 7.57. The van der Waals surface area contributed by atoms with Crippen LogP contribution >= 0.6 is 0 Å². The van der Waals surface area contributed by atoms with Gasteiger partial charge in [-0.05, 0) is 49.7 Å². The van der Waals surface area contributed by atoms with Crippen LogP contribution in [0.2, 0.25) is 0 Å². The molecule has 1 unspecified atom stereocenters. The van der Waals surface area contributed by atoms with E-state index in [1.54, 1.807) is 37.3 Å². The summed E-state index contributed by atoms with van der Waals surface area (Å²) in [7, 11) is 0. The van der Waals surface area contributed by atoms with Crippen molar-refractivity contribution < 1.29 is 23.5 Å². The number of Topliss-reactive ketones (excluding diaryl/α,β-unsaturated/α-hetero) is 1. The molecule has 7 heteroatoms. The van der Waals surface area contributed by atoms with Crippen LogP contribution in [0.4, 0.5) is 10.1 Å². The number of ether oxygens (including phenoxy) is 1. The maximum atomic E-state index is 13.0. The highest BCUT2D eigenvalue weighted by atomic mass is 19.1. The first kappa shape index (κ1) is 18.6. The molecule has 6 nitrogen and oxygen atoms in total. The molecular formula is C20H19FN2O4. The van der Waals surface area contributed by atoms with Gasteiger partial charge in [-0.15, -0.1) is 0 Å². The van der Waals surface area contributed by atoms with E-state index >= 15 is 0 Å². The van der Waals surface area contributed by atoms with Crippen molar-refractivity contribution >= 4 is 23.3 Å². The minimum absolute atomic E-state index is 0.149. The lowest BCUT2D eigenvalue weighted by molar-refractivity contribution is -0.127. The molecule has 0 fully saturated rings. The lowest BCUT2D eigenvalue weighted by Gasteiger charge is -2.33. The average molecular weight is 370 g/mol. The minimum atomic E-state index is -0.803. The Hall–Kier alpha value is -3.22. The molecule has 2 aromatic rings. The number of carbonyl (C=O) groups excluding carboxylic acids is 3. The van der Waals surface area contributed by atoms with Gasteiger partial charge in [0.25, 0.3) is 5.91 Å². The Bertz CT molecular complexity index is 895. The molecule has 0 aliphatic carbocycles. The molecule has 1 N–H and O–H groups in total. The zero-order valence-electron chi connectivity index (χ0n) is 15.0. The summed E-state index contributed by atoms with van der Waals surface area (Å²) in [6.45, 7) is 3.06. The summed E-state index contributed by atoms with van der Waals surface area (Å²) in [5.41, 5.74) is 1.56. The quantitative estimate of drug-likeness (QED) is 0.821. The van der Waals surface area contributed by atoms with Gasteiger partial charge in [-0.25, -0.2) is 4.39 Å². The number of carbonyl (C=O) groups is 3. The van der Waals surface area contributed by atoms with Crippen molar-refractivity contribution in [3.8, 4) is 5.75 Å². The van der Waals surface area contributed by atoms with Gasteiger partial charge < -0.3 is 10.1 Å². The van der Waals surface area contributed by atoms with Crippen LogP contribution in [0.1, 0.15) is 29.8 Å². The van der Waals surface area contributed by atoms with Gasteiger partial charge in [-0.2, -0.15) is 0 Å². The second-order valence-corrected chi connectivity index (χ2v) is 6.31. The lowest BCUT2D eigenvalue weighted by Crippen LogP contribution is -2.51. The Morgan fingerprint density at radius 1 is 1.22 bits per heavy atom. The number of nitrogens with zero attached hydrogens (tertiary/aromatic N) is 1. The predicted molar refractivity (Wildman–Crippen MR) is 97.1 cm³/mol. The molecule has 1 aliphatic rings. The molecule has 0 saturated carbocycles. The number of anilines is 1. The van der Waals surface area contributed by atoms with E-state index < -0.39 is 6.04 Å². The van der Waals surface area contributed by atoms with E-state index in [4.69, 9.17) is 4.74 Å². The Balaban J connectivity index is 1.79. The highest BCUT2D eigenvalue weighted by Crippen LogP contribution is 2.34. The summed E-state index contributed by atoms with van der Waals surface area (Å²) in [5, 5.41) is 2.74. The van der Waals surface area contributed by atoms with Crippen LogP contribution < -0.4 is 15.0 Å². The third-order valence-electron chi connectivity index (χ3n) is 4.39. The summed E-state index contributed by atoms with van der Waals surface area (Å²) < 4.78 is 18.4. The summed E-state index contributed by atoms with van der Waals surface area (Å²) in [6, 6.07) is 9.78. The van der Waals surface area contributed by atoms with Gasteiger partial charge in [0.2, 0.25) is 5.91 Å². The maximum Gasteiger partial charge on any atom is 0.265 e.